The molecule has 0 bridgehead atoms. The number of hydrogen-bond donors (Lipinski definition) is 1. The van der Waals surface area contributed by atoms with E-state index in [1.165, 1.54) is 34.1 Å². The highest BCUT2D eigenvalue weighted by molar-refractivity contribution is 6.31. The largest absolute Gasteiger partial charge is 0.459 e. The van der Waals surface area contributed by atoms with Gasteiger partial charge in [-0.3, -0.25) is 10.2 Å². The van der Waals surface area contributed by atoms with Gasteiger partial charge in [0.2, 0.25) is 0 Å². The monoisotopic (exact) mass is 535 g/mol. The van der Waals surface area contributed by atoms with E-state index in [-0.39, 0.29) is 30.8 Å². The maximum Gasteiger partial charge on any atom is 0.338 e. The number of esters is 2. The first-order valence-electron chi connectivity index (χ1n) is 11.2. The molecule has 0 saturated carbocycles. The molecule has 2 aromatic rings. The van der Waals surface area contributed by atoms with Gasteiger partial charge in [0, 0.05) is 23.0 Å². The van der Waals surface area contributed by atoms with E-state index >= 15 is 0 Å². The Balaban J connectivity index is 1.48. The molecule has 4 amide bonds. The van der Waals surface area contributed by atoms with E-state index in [0.29, 0.717) is 16.6 Å². The Morgan fingerprint density at radius 2 is 1.56 bits per heavy atom. The minimum Gasteiger partial charge on any atom is -0.459 e. The molecule has 2 heterocycles. The highest BCUT2D eigenvalue weighted by Crippen LogP contribution is 2.29. The molecule has 3 atom stereocenters. The molecule has 2 saturated heterocycles. The molecule has 1 N–H and O–H groups in total. The first-order chi connectivity index (χ1) is 17.2. The van der Waals surface area contributed by atoms with Gasteiger partial charge in [-0.2, -0.15) is 0 Å². The molecule has 0 radical (unpaired) electrons. The van der Waals surface area contributed by atoms with Crippen molar-refractivity contribution in [3.63, 3.8) is 0 Å². The zero-order valence-corrected chi connectivity index (χ0v) is 20.7. The summed E-state index contributed by atoms with van der Waals surface area (Å²) in [5, 5.41) is 3.20. The minimum atomic E-state index is -0.858. The van der Waals surface area contributed by atoms with Crippen LogP contribution in [0, 0.1) is 0 Å². The fourth-order valence-electron chi connectivity index (χ4n) is 3.81. The van der Waals surface area contributed by atoms with Gasteiger partial charge < -0.3 is 19.1 Å². The number of halogens is 2. The summed E-state index contributed by atoms with van der Waals surface area (Å²) in [6.45, 7) is 1.92. The first-order valence-corrected chi connectivity index (χ1v) is 11.9. The number of amides is 4. The third kappa shape index (κ3) is 5.89. The molecule has 2 aromatic carbocycles. The molecule has 2 fully saturated rings. The Hall–Kier alpha value is -3.34. The molecule has 0 spiro atoms. The average Bonchev–Trinajstić information content (AvgIpc) is 3.25. The Kier molecular flexibility index (Phi) is 7.97. The molecule has 0 aliphatic carbocycles. The second kappa shape index (κ2) is 11.2. The van der Waals surface area contributed by atoms with Gasteiger partial charge in [-0.25, -0.2) is 19.2 Å². The van der Waals surface area contributed by atoms with Crippen LogP contribution in [0.15, 0.2) is 48.5 Å². The van der Waals surface area contributed by atoms with E-state index in [9.17, 15) is 19.2 Å². The fraction of sp³-hybridized carbons (Fsp3) is 0.333. The SMILES string of the molecule is CCN1CN([C@H]2C[C@H](OC(=O)c3ccc(Cl)cc3)[C@@H](COC(=O)c3ccc(Cl)cc3)O2)C(=O)NC1=O. The van der Waals surface area contributed by atoms with Gasteiger partial charge >= 0.3 is 24.0 Å². The van der Waals surface area contributed by atoms with Crippen LogP contribution in [0.5, 0.6) is 0 Å². The van der Waals surface area contributed by atoms with Crippen molar-refractivity contribution >= 4 is 47.2 Å². The lowest BCUT2D eigenvalue weighted by atomic mass is 10.1. The van der Waals surface area contributed by atoms with Crippen LogP contribution in [0.3, 0.4) is 0 Å². The number of rotatable bonds is 7. The van der Waals surface area contributed by atoms with E-state index in [0.717, 1.165) is 0 Å². The predicted molar refractivity (Wildman–Crippen MR) is 129 cm³/mol. The van der Waals surface area contributed by atoms with E-state index < -0.39 is 42.4 Å². The molecule has 4 rings (SSSR count). The van der Waals surface area contributed by atoms with Crippen molar-refractivity contribution in [2.75, 3.05) is 19.8 Å². The van der Waals surface area contributed by atoms with Crippen molar-refractivity contribution in [3.8, 4) is 0 Å². The number of nitrogens with one attached hydrogen (secondary N) is 1. The number of carbonyl (C=O) groups excluding carboxylic acids is 4. The fourth-order valence-corrected chi connectivity index (χ4v) is 4.06. The summed E-state index contributed by atoms with van der Waals surface area (Å²) in [5.41, 5.74) is 0.564. The van der Waals surface area contributed by atoms with Crippen molar-refractivity contribution in [1.82, 2.24) is 15.1 Å². The summed E-state index contributed by atoms with van der Waals surface area (Å²) in [6, 6.07) is 11.2. The molecule has 2 aliphatic rings. The second-order valence-corrected chi connectivity index (χ2v) is 9.00. The Morgan fingerprint density at radius 3 is 2.14 bits per heavy atom. The zero-order chi connectivity index (χ0) is 25.8. The Bertz CT molecular complexity index is 1140. The van der Waals surface area contributed by atoms with Crippen molar-refractivity contribution < 1.29 is 33.4 Å². The Labute approximate surface area is 217 Å². The lowest BCUT2D eigenvalue weighted by molar-refractivity contribution is -0.0803. The lowest BCUT2D eigenvalue weighted by Gasteiger charge is -2.37. The highest BCUT2D eigenvalue weighted by atomic mass is 35.5. The van der Waals surface area contributed by atoms with Gasteiger partial charge in [0.15, 0.2) is 0 Å². The topological polar surface area (TPSA) is 114 Å². The highest BCUT2D eigenvalue weighted by Gasteiger charge is 2.45. The molecular weight excluding hydrogens is 513 g/mol. The number of imide groups is 1. The van der Waals surface area contributed by atoms with Gasteiger partial charge in [-0.15, -0.1) is 0 Å². The van der Waals surface area contributed by atoms with E-state index in [2.05, 4.69) is 5.32 Å². The molecule has 0 aromatic heterocycles. The summed E-state index contributed by atoms with van der Waals surface area (Å²) in [7, 11) is 0. The Morgan fingerprint density at radius 1 is 0.972 bits per heavy atom. The van der Waals surface area contributed by atoms with Crippen molar-refractivity contribution in [3.05, 3.63) is 69.7 Å². The van der Waals surface area contributed by atoms with E-state index in [1.54, 1.807) is 31.2 Å². The van der Waals surface area contributed by atoms with Crippen LogP contribution in [-0.2, 0) is 14.2 Å². The minimum absolute atomic E-state index is 0.000959. The summed E-state index contributed by atoms with van der Waals surface area (Å²) >= 11 is 11.8. The van der Waals surface area contributed by atoms with Crippen LogP contribution in [0.2, 0.25) is 10.0 Å². The summed E-state index contributed by atoms with van der Waals surface area (Å²) in [4.78, 5) is 52.4. The second-order valence-electron chi connectivity index (χ2n) is 8.12. The molecule has 36 heavy (non-hydrogen) atoms. The molecular formula is C24H23Cl2N3O7. The van der Waals surface area contributed by atoms with Crippen molar-refractivity contribution in [1.29, 1.82) is 0 Å². The summed E-state index contributed by atoms with van der Waals surface area (Å²) < 4.78 is 17.1. The van der Waals surface area contributed by atoms with Crippen LogP contribution < -0.4 is 5.32 Å². The molecule has 12 heteroatoms. The third-order valence-corrected chi connectivity index (χ3v) is 6.30. The van der Waals surface area contributed by atoms with E-state index in [4.69, 9.17) is 37.4 Å². The van der Waals surface area contributed by atoms with Gasteiger partial charge in [-0.05, 0) is 55.5 Å². The zero-order valence-electron chi connectivity index (χ0n) is 19.2. The van der Waals surface area contributed by atoms with Crippen molar-refractivity contribution in [2.45, 2.75) is 31.8 Å². The third-order valence-electron chi connectivity index (χ3n) is 5.79. The maximum absolute atomic E-state index is 12.8. The first kappa shape index (κ1) is 25.7. The van der Waals surface area contributed by atoms with Crippen LogP contribution in [0.1, 0.15) is 34.1 Å². The maximum atomic E-state index is 12.8. The summed E-state index contributed by atoms with van der Waals surface area (Å²) in [6.07, 6.45) is -2.41. The van der Waals surface area contributed by atoms with Crippen LogP contribution in [0.4, 0.5) is 9.59 Å². The number of ether oxygens (including phenoxy) is 3. The van der Waals surface area contributed by atoms with Crippen molar-refractivity contribution in [2.24, 2.45) is 0 Å². The summed E-state index contributed by atoms with van der Waals surface area (Å²) in [5.74, 6) is -1.23. The standard InChI is InChI=1S/C24H23Cl2N3O7/c1-2-28-13-29(24(33)27-23(28)32)20-11-18(36-22(31)15-5-9-17(26)10-6-15)19(35-20)12-34-21(30)14-3-7-16(25)8-4-14/h3-10,18-20H,2,11-13H2,1H3,(H,27,32,33)/t18-,19+,20+/m0/s1. The number of nitrogens with zero attached hydrogens (tertiary/aromatic N) is 2. The predicted octanol–water partition coefficient (Wildman–Crippen LogP) is 3.92. The number of benzene rings is 2. The normalized spacial score (nSPS) is 21.8. The average molecular weight is 536 g/mol. The van der Waals surface area contributed by atoms with Gasteiger partial charge in [0.25, 0.3) is 0 Å². The van der Waals surface area contributed by atoms with Gasteiger partial charge in [0.05, 0.1) is 11.1 Å². The van der Waals surface area contributed by atoms with Crippen LogP contribution >= 0.6 is 23.2 Å². The molecule has 190 valence electrons. The quantitative estimate of drug-likeness (QED) is 0.534. The number of carbonyl (C=O) groups is 4. The van der Waals surface area contributed by atoms with Gasteiger partial charge in [0.1, 0.15) is 31.7 Å². The van der Waals surface area contributed by atoms with Gasteiger partial charge in [-0.1, -0.05) is 23.2 Å². The van der Waals surface area contributed by atoms with Crippen LogP contribution in [-0.4, -0.2) is 72.1 Å². The van der Waals surface area contributed by atoms with Crippen LogP contribution in [0.25, 0.3) is 0 Å². The van der Waals surface area contributed by atoms with E-state index in [1.807, 2.05) is 0 Å². The lowest BCUT2D eigenvalue weighted by Crippen LogP contribution is -2.61. The molecule has 0 unspecified atom stereocenters. The smallest absolute Gasteiger partial charge is 0.338 e. The number of hydrogen-bond acceptors (Lipinski definition) is 7. The number of urea groups is 2. The molecule has 2 aliphatic heterocycles. The molecule has 10 nitrogen and oxygen atoms in total.